The Hall–Kier alpha value is -1.82. The van der Waals surface area contributed by atoms with Crippen LogP contribution in [0.3, 0.4) is 0 Å². The van der Waals surface area contributed by atoms with Crippen LogP contribution in [0, 0.1) is 16.0 Å². The summed E-state index contributed by atoms with van der Waals surface area (Å²) in [5.74, 6) is -1.46. The molecule has 0 aliphatic heterocycles. The first kappa shape index (κ1) is 15.2. The highest BCUT2D eigenvalue weighted by atomic mass is 35.5. The van der Waals surface area contributed by atoms with E-state index in [1.165, 1.54) is 12.1 Å². The first-order valence-corrected chi connectivity index (χ1v) is 6.16. The highest BCUT2D eigenvalue weighted by molar-refractivity contribution is 6.32. The zero-order chi connectivity index (χ0) is 14.6. The molecule has 1 rings (SSSR count). The molecular formula is C12H15ClN2O4. The lowest BCUT2D eigenvalue weighted by Crippen LogP contribution is -2.31. The van der Waals surface area contributed by atoms with Gasteiger partial charge in [-0.2, -0.15) is 0 Å². The van der Waals surface area contributed by atoms with Gasteiger partial charge in [0.25, 0.3) is 5.69 Å². The predicted octanol–water partition coefficient (Wildman–Crippen LogP) is 2.80. The van der Waals surface area contributed by atoms with Crippen LogP contribution in [-0.4, -0.2) is 29.1 Å². The van der Waals surface area contributed by atoms with Crippen LogP contribution in [-0.2, 0) is 4.79 Å². The average molecular weight is 287 g/mol. The molecule has 1 N–H and O–H groups in total. The Morgan fingerprint density at radius 3 is 2.68 bits per heavy atom. The maximum Gasteiger partial charge on any atom is 0.308 e. The molecule has 0 heterocycles. The molecule has 1 atom stereocenters. The standard InChI is InChI=1S/C12H15ClN2O4/c1-3-14(7-8(2)12(16)17)9-4-5-10(13)11(6-9)15(18)19/h4-6,8H,3,7H2,1-2H3,(H,16,17). The summed E-state index contributed by atoms with van der Waals surface area (Å²) in [6, 6.07) is 4.46. The summed E-state index contributed by atoms with van der Waals surface area (Å²) in [5.41, 5.74) is 0.410. The fraction of sp³-hybridized carbons (Fsp3) is 0.417. The number of nitro groups is 1. The fourth-order valence-corrected chi connectivity index (χ4v) is 1.85. The Bertz CT molecular complexity index is 493. The lowest BCUT2D eigenvalue weighted by atomic mass is 10.1. The van der Waals surface area contributed by atoms with Gasteiger partial charge in [-0.3, -0.25) is 14.9 Å². The van der Waals surface area contributed by atoms with E-state index < -0.39 is 16.8 Å². The third kappa shape index (κ3) is 3.82. The molecule has 0 spiro atoms. The molecular weight excluding hydrogens is 272 g/mol. The third-order valence-electron chi connectivity index (χ3n) is 2.79. The highest BCUT2D eigenvalue weighted by Crippen LogP contribution is 2.29. The third-order valence-corrected chi connectivity index (χ3v) is 3.11. The lowest BCUT2D eigenvalue weighted by Gasteiger charge is -2.24. The molecule has 0 saturated carbocycles. The molecule has 0 aromatic heterocycles. The second-order valence-corrected chi connectivity index (χ2v) is 4.58. The minimum absolute atomic E-state index is 0.0658. The quantitative estimate of drug-likeness (QED) is 0.642. The van der Waals surface area contributed by atoms with Crippen molar-refractivity contribution in [2.45, 2.75) is 13.8 Å². The molecule has 0 bridgehead atoms. The number of carbonyl (C=O) groups is 1. The van der Waals surface area contributed by atoms with Crippen molar-refractivity contribution in [3.05, 3.63) is 33.3 Å². The first-order valence-electron chi connectivity index (χ1n) is 5.78. The van der Waals surface area contributed by atoms with Crippen molar-refractivity contribution in [1.29, 1.82) is 0 Å². The molecule has 6 nitrogen and oxygen atoms in total. The van der Waals surface area contributed by atoms with E-state index >= 15 is 0 Å². The number of carboxylic acid groups (broad SMARTS) is 1. The molecule has 1 aromatic rings. The Labute approximate surface area is 115 Å². The summed E-state index contributed by atoms with van der Waals surface area (Å²) in [6.07, 6.45) is 0. The van der Waals surface area contributed by atoms with Gasteiger partial charge in [-0.15, -0.1) is 0 Å². The van der Waals surface area contributed by atoms with Crippen LogP contribution in [0.2, 0.25) is 5.02 Å². The second kappa shape index (κ2) is 6.38. The smallest absolute Gasteiger partial charge is 0.308 e. The zero-order valence-corrected chi connectivity index (χ0v) is 11.4. The molecule has 0 saturated heterocycles. The van der Waals surface area contributed by atoms with Crippen molar-refractivity contribution in [2.75, 3.05) is 18.0 Å². The Kier molecular flexibility index (Phi) is 5.11. The van der Waals surface area contributed by atoms with Gasteiger partial charge >= 0.3 is 5.97 Å². The van der Waals surface area contributed by atoms with E-state index in [1.54, 1.807) is 17.9 Å². The number of nitro benzene ring substituents is 1. The normalized spacial score (nSPS) is 11.9. The number of carboxylic acids is 1. The van der Waals surface area contributed by atoms with E-state index in [9.17, 15) is 14.9 Å². The summed E-state index contributed by atoms with van der Waals surface area (Å²) < 4.78 is 0. The number of nitrogens with zero attached hydrogens (tertiary/aromatic N) is 2. The lowest BCUT2D eigenvalue weighted by molar-refractivity contribution is -0.384. The van der Waals surface area contributed by atoms with Crippen molar-refractivity contribution >= 4 is 28.9 Å². The van der Waals surface area contributed by atoms with E-state index in [-0.39, 0.29) is 17.3 Å². The van der Waals surface area contributed by atoms with Crippen LogP contribution in [0.5, 0.6) is 0 Å². The van der Waals surface area contributed by atoms with Crippen molar-refractivity contribution < 1.29 is 14.8 Å². The maximum atomic E-state index is 10.9. The fourth-order valence-electron chi connectivity index (χ4n) is 1.66. The summed E-state index contributed by atoms with van der Waals surface area (Å²) in [6.45, 7) is 4.28. The minimum Gasteiger partial charge on any atom is -0.481 e. The van der Waals surface area contributed by atoms with Gasteiger partial charge in [-0.25, -0.2) is 0 Å². The molecule has 0 aliphatic carbocycles. The molecule has 104 valence electrons. The summed E-state index contributed by atoms with van der Waals surface area (Å²) in [4.78, 5) is 22.9. The van der Waals surface area contributed by atoms with Crippen LogP contribution in [0.4, 0.5) is 11.4 Å². The van der Waals surface area contributed by atoms with Crippen LogP contribution in [0.1, 0.15) is 13.8 Å². The monoisotopic (exact) mass is 286 g/mol. The van der Waals surface area contributed by atoms with E-state index in [2.05, 4.69) is 0 Å². The molecule has 0 aliphatic rings. The molecule has 1 aromatic carbocycles. The largest absolute Gasteiger partial charge is 0.481 e. The van der Waals surface area contributed by atoms with Gasteiger partial charge in [0.2, 0.25) is 0 Å². The number of hydrogen-bond acceptors (Lipinski definition) is 4. The van der Waals surface area contributed by atoms with Crippen LogP contribution >= 0.6 is 11.6 Å². The summed E-state index contributed by atoms with van der Waals surface area (Å²) in [5, 5.41) is 19.8. The SMILES string of the molecule is CCN(CC(C)C(=O)O)c1ccc(Cl)c([N+](=O)[O-])c1. The summed E-state index contributed by atoms with van der Waals surface area (Å²) in [7, 11) is 0. The van der Waals surface area contributed by atoms with Gasteiger partial charge in [0, 0.05) is 24.8 Å². The zero-order valence-electron chi connectivity index (χ0n) is 10.7. The van der Waals surface area contributed by atoms with Crippen LogP contribution in [0.15, 0.2) is 18.2 Å². The van der Waals surface area contributed by atoms with Gasteiger partial charge in [-0.05, 0) is 19.1 Å². The maximum absolute atomic E-state index is 10.9. The Morgan fingerprint density at radius 2 is 2.21 bits per heavy atom. The van der Waals surface area contributed by atoms with E-state index in [4.69, 9.17) is 16.7 Å². The molecule has 0 fully saturated rings. The van der Waals surface area contributed by atoms with E-state index in [0.29, 0.717) is 12.2 Å². The second-order valence-electron chi connectivity index (χ2n) is 4.17. The van der Waals surface area contributed by atoms with Crippen LogP contribution < -0.4 is 4.90 Å². The van der Waals surface area contributed by atoms with Gasteiger partial charge in [-0.1, -0.05) is 18.5 Å². The molecule has 0 amide bonds. The topological polar surface area (TPSA) is 83.7 Å². The number of rotatable bonds is 6. The molecule has 7 heteroatoms. The van der Waals surface area contributed by atoms with Crippen molar-refractivity contribution in [3.63, 3.8) is 0 Å². The highest BCUT2D eigenvalue weighted by Gasteiger charge is 2.19. The number of halogens is 1. The van der Waals surface area contributed by atoms with Gasteiger partial charge < -0.3 is 10.0 Å². The van der Waals surface area contributed by atoms with E-state index in [0.717, 1.165) is 0 Å². The average Bonchev–Trinajstić information content (AvgIpc) is 2.35. The van der Waals surface area contributed by atoms with Gasteiger partial charge in [0.1, 0.15) is 5.02 Å². The van der Waals surface area contributed by atoms with Gasteiger partial charge in [0.15, 0.2) is 0 Å². The first-order chi connectivity index (χ1) is 8.86. The number of benzene rings is 1. The molecule has 1 unspecified atom stereocenters. The number of anilines is 1. The van der Waals surface area contributed by atoms with Crippen LogP contribution in [0.25, 0.3) is 0 Å². The number of aliphatic carboxylic acids is 1. The number of hydrogen-bond donors (Lipinski definition) is 1. The molecule has 19 heavy (non-hydrogen) atoms. The van der Waals surface area contributed by atoms with Crippen molar-refractivity contribution in [3.8, 4) is 0 Å². The van der Waals surface area contributed by atoms with Crippen molar-refractivity contribution in [2.24, 2.45) is 5.92 Å². The minimum atomic E-state index is -0.901. The predicted molar refractivity (Wildman–Crippen MR) is 72.8 cm³/mol. The Morgan fingerprint density at radius 1 is 1.58 bits per heavy atom. The summed E-state index contributed by atoms with van der Waals surface area (Å²) >= 11 is 5.74. The van der Waals surface area contributed by atoms with E-state index in [1.807, 2.05) is 6.92 Å². The Balaban J connectivity index is 3.02. The van der Waals surface area contributed by atoms with Gasteiger partial charge in [0.05, 0.1) is 10.8 Å². The van der Waals surface area contributed by atoms with Crippen molar-refractivity contribution in [1.82, 2.24) is 0 Å². The molecule has 0 radical (unpaired) electrons.